The zero-order chi connectivity index (χ0) is 19.4. The Labute approximate surface area is 173 Å². The number of hydrogen-bond acceptors (Lipinski definition) is 4. The van der Waals surface area contributed by atoms with Crippen LogP contribution in [0.3, 0.4) is 0 Å². The van der Waals surface area contributed by atoms with Crippen molar-refractivity contribution in [1.29, 1.82) is 0 Å². The van der Waals surface area contributed by atoms with E-state index in [2.05, 4.69) is 21.7 Å². The minimum absolute atomic E-state index is 0.0767. The first-order valence-corrected chi connectivity index (χ1v) is 10.2. The number of nitrogens with zero attached hydrogens (tertiary/aromatic N) is 6. The van der Waals surface area contributed by atoms with Crippen molar-refractivity contribution in [3.63, 3.8) is 0 Å². The molecular weight excluding hydrogens is 395 g/mol. The Balaban J connectivity index is 1.69. The van der Waals surface area contributed by atoms with Gasteiger partial charge < -0.3 is 0 Å². The molecule has 1 saturated carbocycles. The van der Waals surface area contributed by atoms with Crippen molar-refractivity contribution in [3.8, 4) is 0 Å². The van der Waals surface area contributed by atoms with Crippen molar-refractivity contribution < 1.29 is 0 Å². The van der Waals surface area contributed by atoms with Crippen LogP contribution in [0.25, 0.3) is 0 Å². The minimum Gasteiger partial charge on any atom is -0.246 e. The van der Waals surface area contributed by atoms with Crippen molar-refractivity contribution >= 4 is 34.7 Å². The van der Waals surface area contributed by atoms with Gasteiger partial charge in [0.1, 0.15) is 12.2 Å². The lowest BCUT2D eigenvalue weighted by molar-refractivity contribution is 0.275. The molecule has 1 fully saturated rings. The normalized spacial score (nSPS) is 21.9. The van der Waals surface area contributed by atoms with Gasteiger partial charge in [0.25, 0.3) is 0 Å². The summed E-state index contributed by atoms with van der Waals surface area (Å²) in [4.78, 5) is 9.50. The zero-order valence-electron chi connectivity index (χ0n) is 15.7. The monoisotopic (exact) mass is 414 g/mol. The van der Waals surface area contributed by atoms with Gasteiger partial charge in [-0.2, -0.15) is 10.2 Å². The molecule has 1 unspecified atom stereocenters. The topological polar surface area (TPSA) is 60.9 Å². The first-order chi connectivity index (χ1) is 13.5. The molecule has 28 heavy (non-hydrogen) atoms. The molecule has 6 nitrogen and oxygen atoms in total. The van der Waals surface area contributed by atoms with E-state index in [1.165, 1.54) is 6.42 Å². The lowest BCUT2D eigenvalue weighted by Gasteiger charge is -2.34. The second-order valence-electron chi connectivity index (χ2n) is 7.59. The Morgan fingerprint density at radius 3 is 2.57 bits per heavy atom. The summed E-state index contributed by atoms with van der Waals surface area (Å²) in [5.74, 6) is 1.70. The molecule has 1 aliphatic heterocycles. The van der Waals surface area contributed by atoms with E-state index in [0.717, 1.165) is 41.5 Å². The van der Waals surface area contributed by atoms with Gasteiger partial charge in [-0.05, 0) is 50.8 Å². The van der Waals surface area contributed by atoms with Crippen molar-refractivity contribution in [3.05, 3.63) is 57.7 Å². The quantitative estimate of drug-likeness (QED) is 0.584. The number of aromatic nitrogens is 5. The maximum absolute atomic E-state index is 6.36. The molecule has 0 radical (unpaired) electrons. The average molecular weight is 415 g/mol. The molecule has 144 valence electrons. The van der Waals surface area contributed by atoms with E-state index in [4.69, 9.17) is 33.3 Å². The largest absolute Gasteiger partial charge is 0.246 e. The molecular formula is C20H20Cl2N6. The van der Waals surface area contributed by atoms with Crippen LogP contribution < -0.4 is 0 Å². The number of aliphatic imine (C=N–C) groups is 1. The molecule has 1 aromatic carbocycles. The van der Waals surface area contributed by atoms with E-state index in [-0.39, 0.29) is 12.0 Å². The maximum Gasteiger partial charge on any atom is 0.151 e. The Bertz CT molecular complexity index is 1080. The highest BCUT2D eigenvalue weighted by Gasteiger charge is 2.39. The summed E-state index contributed by atoms with van der Waals surface area (Å²) in [6, 6.07) is 8.07. The average Bonchev–Trinajstić information content (AvgIpc) is 3.20. The van der Waals surface area contributed by atoms with Crippen LogP contribution in [-0.2, 0) is 0 Å². The van der Waals surface area contributed by atoms with E-state index >= 15 is 0 Å². The van der Waals surface area contributed by atoms with E-state index in [9.17, 15) is 0 Å². The Morgan fingerprint density at radius 2 is 1.86 bits per heavy atom. The van der Waals surface area contributed by atoms with Crippen LogP contribution >= 0.6 is 23.2 Å². The smallest absolute Gasteiger partial charge is 0.151 e. The molecule has 0 spiro atoms. The lowest BCUT2D eigenvalue weighted by Crippen LogP contribution is -2.32. The first kappa shape index (κ1) is 17.9. The third-order valence-electron chi connectivity index (χ3n) is 5.74. The summed E-state index contributed by atoms with van der Waals surface area (Å²) in [5, 5.41) is 10.4. The van der Waals surface area contributed by atoms with Crippen LogP contribution in [0, 0.1) is 6.92 Å². The standard InChI is InChI=1S/C20H20Cl2N6/c1-11-8-17-25-12(2)18(20-23-10-24-27(20)14-4-3-5-14)19(28(17)26-11)13-6-7-15(21)16(22)9-13/h6-10,14,18-19H,3-5H2,1-2H3/t18?,19-/m1/s1. The van der Waals surface area contributed by atoms with Gasteiger partial charge in [0.2, 0.25) is 0 Å². The highest BCUT2D eigenvalue weighted by molar-refractivity contribution is 6.42. The van der Waals surface area contributed by atoms with Crippen LogP contribution in [0.15, 0.2) is 35.6 Å². The van der Waals surface area contributed by atoms with Crippen molar-refractivity contribution in [1.82, 2.24) is 24.5 Å². The van der Waals surface area contributed by atoms with Crippen molar-refractivity contribution in [2.24, 2.45) is 4.99 Å². The summed E-state index contributed by atoms with van der Waals surface area (Å²) in [5.41, 5.74) is 2.95. The second-order valence-corrected chi connectivity index (χ2v) is 8.40. The van der Waals surface area contributed by atoms with Crippen LogP contribution in [0.4, 0.5) is 5.82 Å². The molecule has 2 atom stereocenters. The fourth-order valence-corrected chi connectivity index (χ4v) is 4.47. The van der Waals surface area contributed by atoms with Gasteiger partial charge in [-0.25, -0.2) is 19.3 Å². The molecule has 0 bridgehead atoms. The Hall–Kier alpha value is -2.18. The van der Waals surface area contributed by atoms with E-state index in [1.54, 1.807) is 6.33 Å². The zero-order valence-corrected chi connectivity index (χ0v) is 17.2. The molecule has 0 amide bonds. The number of benzene rings is 1. The van der Waals surface area contributed by atoms with E-state index < -0.39 is 0 Å². The lowest BCUT2D eigenvalue weighted by atomic mass is 9.86. The second kappa shape index (κ2) is 6.71. The van der Waals surface area contributed by atoms with Crippen LogP contribution in [0.1, 0.15) is 61.3 Å². The molecule has 0 saturated heterocycles. The maximum atomic E-state index is 6.36. The third-order valence-corrected chi connectivity index (χ3v) is 6.48. The van der Waals surface area contributed by atoms with Gasteiger partial charge in [0, 0.05) is 11.8 Å². The van der Waals surface area contributed by atoms with Gasteiger partial charge in [-0.3, -0.25) is 0 Å². The summed E-state index contributed by atoms with van der Waals surface area (Å²) < 4.78 is 4.06. The van der Waals surface area contributed by atoms with Gasteiger partial charge in [-0.1, -0.05) is 29.3 Å². The molecule has 3 aromatic rings. The molecule has 2 aliphatic rings. The van der Waals surface area contributed by atoms with Gasteiger partial charge in [0.15, 0.2) is 5.82 Å². The highest BCUT2D eigenvalue weighted by Crippen LogP contribution is 2.44. The van der Waals surface area contributed by atoms with Gasteiger partial charge in [0.05, 0.1) is 33.7 Å². The van der Waals surface area contributed by atoms with Crippen LogP contribution in [0.5, 0.6) is 0 Å². The molecule has 5 rings (SSSR count). The summed E-state index contributed by atoms with van der Waals surface area (Å²) >= 11 is 12.5. The summed E-state index contributed by atoms with van der Waals surface area (Å²) in [6.45, 7) is 4.04. The fraction of sp³-hybridized carbons (Fsp3) is 0.400. The van der Waals surface area contributed by atoms with Gasteiger partial charge in [-0.15, -0.1) is 0 Å². The van der Waals surface area contributed by atoms with Crippen LogP contribution in [-0.4, -0.2) is 30.3 Å². The van der Waals surface area contributed by atoms with E-state index in [1.807, 2.05) is 35.9 Å². The number of hydrogen-bond donors (Lipinski definition) is 0. The molecule has 0 N–H and O–H groups in total. The Morgan fingerprint density at radius 1 is 1.04 bits per heavy atom. The SMILES string of the molecule is CC1=Nc2cc(C)nn2[C@H](c2ccc(Cl)c(Cl)c2)C1c1ncnn1C1CCC1. The predicted octanol–water partition coefficient (Wildman–Crippen LogP) is 5.29. The Kier molecular flexibility index (Phi) is 4.29. The predicted molar refractivity (Wildman–Crippen MR) is 110 cm³/mol. The minimum atomic E-state index is -0.112. The molecule has 8 heteroatoms. The summed E-state index contributed by atoms with van der Waals surface area (Å²) in [6.07, 6.45) is 5.17. The highest BCUT2D eigenvalue weighted by atomic mass is 35.5. The number of rotatable bonds is 3. The molecule has 3 heterocycles. The van der Waals surface area contributed by atoms with Crippen LogP contribution in [0.2, 0.25) is 10.0 Å². The molecule has 1 aliphatic carbocycles. The van der Waals surface area contributed by atoms with Gasteiger partial charge >= 0.3 is 0 Å². The number of halogens is 2. The number of aryl methyl sites for hydroxylation is 1. The van der Waals surface area contributed by atoms with Crippen molar-refractivity contribution in [2.75, 3.05) is 0 Å². The number of fused-ring (bicyclic) bond motifs is 1. The van der Waals surface area contributed by atoms with Crippen molar-refractivity contribution in [2.45, 2.75) is 51.1 Å². The summed E-state index contributed by atoms with van der Waals surface area (Å²) in [7, 11) is 0. The van der Waals surface area contributed by atoms with E-state index in [0.29, 0.717) is 16.1 Å². The first-order valence-electron chi connectivity index (χ1n) is 9.48. The fourth-order valence-electron chi connectivity index (χ4n) is 4.16. The molecule has 2 aromatic heterocycles. The third kappa shape index (κ3) is 2.78.